The van der Waals surface area contributed by atoms with E-state index in [0.717, 1.165) is 68.7 Å². The molecule has 194 valence electrons. The van der Waals surface area contributed by atoms with Crippen molar-refractivity contribution in [2.75, 3.05) is 37.4 Å². The molecule has 2 aromatic carbocycles. The summed E-state index contributed by atoms with van der Waals surface area (Å²) in [6.07, 6.45) is 5.59. The van der Waals surface area contributed by atoms with Crippen LogP contribution >= 0.6 is 0 Å². The van der Waals surface area contributed by atoms with E-state index < -0.39 is 0 Å². The standard InChI is InChI=1S/C27H36N4O5/c1-19-17-23(7-12-26(19)31(33)34)29-21-5-10-25(11-6-21)36-18-27(32)30-15-13-22(14-16-30)28-20-3-8-24(35-2)9-4-20/h3-4,7-9,12,17,21-22,25,28-29H,5-6,10-11,13-16,18H2,1-2H3. The molecule has 2 aromatic rings. The third kappa shape index (κ3) is 6.87. The Bertz CT molecular complexity index is 1030. The summed E-state index contributed by atoms with van der Waals surface area (Å²) in [5.41, 5.74) is 2.77. The van der Waals surface area contributed by atoms with E-state index in [1.807, 2.05) is 35.2 Å². The predicted octanol–water partition coefficient (Wildman–Crippen LogP) is 4.75. The maximum absolute atomic E-state index is 12.7. The number of nitro benzene ring substituents is 1. The topological polar surface area (TPSA) is 106 Å². The normalized spacial score (nSPS) is 20.6. The van der Waals surface area contributed by atoms with Crippen LogP contribution in [0.4, 0.5) is 17.1 Å². The maximum atomic E-state index is 12.7. The number of amides is 1. The van der Waals surface area contributed by atoms with E-state index in [4.69, 9.17) is 9.47 Å². The Labute approximate surface area is 212 Å². The Kier molecular flexibility index (Phi) is 8.64. The molecule has 4 rings (SSSR count). The average Bonchev–Trinajstić information content (AvgIpc) is 2.89. The van der Waals surface area contributed by atoms with Crippen molar-refractivity contribution in [3.8, 4) is 5.75 Å². The number of anilines is 2. The molecule has 1 saturated heterocycles. The number of methoxy groups -OCH3 is 1. The Morgan fingerprint density at radius 1 is 0.972 bits per heavy atom. The zero-order valence-corrected chi connectivity index (χ0v) is 21.1. The molecule has 0 radical (unpaired) electrons. The minimum absolute atomic E-state index is 0.0690. The number of carbonyl (C=O) groups is 1. The molecule has 0 aromatic heterocycles. The van der Waals surface area contributed by atoms with Gasteiger partial charge in [0.2, 0.25) is 5.91 Å². The number of nitrogens with one attached hydrogen (secondary N) is 2. The van der Waals surface area contributed by atoms with Crippen molar-refractivity contribution in [1.82, 2.24) is 4.90 Å². The highest BCUT2D eigenvalue weighted by molar-refractivity contribution is 5.77. The average molecular weight is 497 g/mol. The maximum Gasteiger partial charge on any atom is 0.272 e. The van der Waals surface area contributed by atoms with Gasteiger partial charge in [0.1, 0.15) is 12.4 Å². The van der Waals surface area contributed by atoms with Crippen LogP contribution in [0, 0.1) is 17.0 Å². The summed E-state index contributed by atoms with van der Waals surface area (Å²) in [5.74, 6) is 0.907. The lowest BCUT2D eigenvalue weighted by atomic mass is 9.92. The van der Waals surface area contributed by atoms with Crippen molar-refractivity contribution in [2.45, 2.75) is 63.6 Å². The zero-order chi connectivity index (χ0) is 25.5. The van der Waals surface area contributed by atoms with Crippen LogP contribution in [0.25, 0.3) is 0 Å². The molecule has 9 heteroatoms. The van der Waals surface area contributed by atoms with E-state index in [1.165, 1.54) is 0 Å². The van der Waals surface area contributed by atoms with E-state index in [2.05, 4.69) is 10.6 Å². The molecule has 0 bridgehead atoms. The fraction of sp³-hybridized carbons (Fsp3) is 0.519. The number of nitro groups is 1. The quantitative estimate of drug-likeness (QED) is 0.381. The van der Waals surface area contributed by atoms with Crippen LogP contribution in [0.5, 0.6) is 5.75 Å². The van der Waals surface area contributed by atoms with Crippen LogP contribution in [0.15, 0.2) is 42.5 Å². The summed E-state index contributed by atoms with van der Waals surface area (Å²) >= 11 is 0. The summed E-state index contributed by atoms with van der Waals surface area (Å²) in [6.45, 7) is 3.37. The van der Waals surface area contributed by atoms with Crippen LogP contribution in [0.3, 0.4) is 0 Å². The number of hydrogen-bond acceptors (Lipinski definition) is 7. The number of rotatable bonds is 9. The monoisotopic (exact) mass is 496 g/mol. The molecule has 9 nitrogen and oxygen atoms in total. The summed E-state index contributed by atoms with van der Waals surface area (Å²) < 4.78 is 11.2. The molecule has 1 saturated carbocycles. The molecule has 2 fully saturated rings. The van der Waals surface area contributed by atoms with Crippen LogP contribution in [-0.4, -0.2) is 60.7 Å². The van der Waals surface area contributed by atoms with Crippen LogP contribution in [-0.2, 0) is 9.53 Å². The number of aryl methyl sites for hydroxylation is 1. The van der Waals surface area contributed by atoms with Gasteiger partial charge in [-0.3, -0.25) is 14.9 Å². The minimum Gasteiger partial charge on any atom is -0.497 e. The second kappa shape index (κ2) is 12.1. The van der Waals surface area contributed by atoms with Gasteiger partial charge in [0.15, 0.2) is 0 Å². The van der Waals surface area contributed by atoms with Crippen molar-refractivity contribution >= 4 is 23.0 Å². The first-order valence-corrected chi connectivity index (χ1v) is 12.7. The van der Waals surface area contributed by atoms with Crippen molar-refractivity contribution in [2.24, 2.45) is 0 Å². The summed E-state index contributed by atoms with van der Waals surface area (Å²) in [7, 11) is 1.66. The second-order valence-electron chi connectivity index (χ2n) is 9.72. The number of ether oxygens (including phenoxy) is 2. The van der Waals surface area contributed by atoms with E-state index in [-0.39, 0.29) is 29.2 Å². The number of likely N-dealkylation sites (tertiary alicyclic amines) is 1. The fourth-order valence-corrected chi connectivity index (χ4v) is 5.04. The van der Waals surface area contributed by atoms with Gasteiger partial charge in [-0.25, -0.2) is 0 Å². The van der Waals surface area contributed by atoms with Gasteiger partial charge < -0.3 is 25.0 Å². The molecular formula is C27H36N4O5. The molecule has 1 aliphatic heterocycles. The highest BCUT2D eigenvalue weighted by Gasteiger charge is 2.26. The van der Waals surface area contributed by atoms with Gasteiger partial charge in [-0.15, -0.1) is 0 Å². The zero-order valence-electron chi connectivity index (χ0n) is 21.1. The van der Waals surface area contributed by atoms with Crippen molar-refractivity contribution < 1.29 is 19.2 Å². The molecule has 36 heavy (non-hydrogen) atoms. The smallest absolute Gasteiger partial charge is 0.272 e. The van der Waals surface area contributed by atoms with Crippen molar-refractivity contribution in [3.05, 3.63) is 58.1 Å². The Morgan fingerprint density at radius 3 is 2.19 bits per heavy atom. The number of hydrogen-bond donors (Lipinski definition) is 2. The third-order valence-corrected chi connectivity index (χ3v) is 7.19. The number of piperidine rings is 1. The first-order valence-electron chi connectivity index (χ1n) is 12.7. The molecule has 0 atom stereocenters. The van der Waals surface area contributed by atoms with Gasteiger partial charge in [0.05, 0.1) is 18.1 Å². The van der Waals surface area contributed by atoms with Gasteiger partial charge in [-0.2, -0.15) is 0 Å². The molecule has 0 unspecified atom stereocenters. The predicted molar refractivity (Wildman–Crippen MR) is 140 cm³/mol. The second-order valence-corrected chi connectivity index (χ2v) is 9.72. The van der Waals surface area contributed by atoms with Crippen molar-refractivity contribution in [3.63, 3.8) is 0 Å². The molecule has 2 aliphatic rings. The number of carbonyl (C=O) groups excluding carboxylic acids is 1. The van der Waals surface area contributed by atoms with Crippen LogP contribution in [0.2, 0.25) is 0 Å². The van der Waals surface area contributed by atoms with E-state index in [1.54, 1.807) is 26.2 Å². The van der Waals surface area contributed by atoms with E-state index >= 15 is 0 Å². The molecule has 1 amide bonds. The summed E-state index contributed by atoms with van der Waals surface area (Å²) in [6, 6.07) is 13.7. The highest BCUT2D eigenvalue weighted by atomic mass is 16.6. The Hall–Kier alpha value is -3.33. The van der Waals surface area contributed by atoms with Gasteiger partial charge in [0, 0.05) is 48.2 Å². The number of nitrogens with zero attached hydrogens (tertiary/aromatic N) is 2. The molecule has 1 heterocycles. The van der Waals surface area contributed by atoms with Crippen LogP contribution < -0.4 is 15.4 Å². The Balaban J connectivity index is 1.13. The van der Waals surface area contributed by atoms with Crippen molar-refractivity contribution in [1.29, 1.82) is 0 Å². The van der Waals surface area contributed by atoms with Gasteiger partial charge in [-0.05, 0) is 81.8 Å². The van der Waals surface area contributed by atoms with Gasteiger partial charge in [-0.1, -0.05) is 0 Å². The molecule has 2 N–H and O–H groups in total. The summed E-state index contributed by atoms with van der Waals surface area (Å²) in [4.78, 5) is 25.3. The third-order valence-electron chi connectivity index (χ3n) is 7.19. The van der Waals surface area contributed by atoms with Crippen LogP contribution in [0.1, 0.15) is 44.1 Å². The van der Waals surface area contributed by atoms with Gasteiger partial charge >= 0.3 is 0 Å². The molecular weight excluding hydrogens is 460 g/mol. The summed E-state index contributed by atoms with van der Waals surface area (Å²) in [5, 5.41) is 18.0. The molecule has 1 aliphatic carbocycles. The lowest BCUT2D eigenvalue weighted by molar-refractivity contribution is -0.385. The number of benzene rings is 2. The first kappa shape index (κ1) is 25.8. The van der Waals surface area contributed by atoms with E-state index in [9.17, 15) is 14.9 Å². The minimum atomic E-state index is -0.357. The fourth-order valence-electron chi connectivity index (χ4n) is 5.04. The lowest BCUT2D eigenvalue weighted by Crippen LogP contribution is -2.44. The largest absolute Gasteiger partial charge is 0.497 e. The van der Waals surface area contributed by atoms with Gasteiger partial charge in [0.25, 0.3) is 5.69 Å². The Morgan fingerprint density at radius 2 is 1.58 bits per heavy atom. The molecule has 0 spiro atoms. The lowest BCUT2D eigenvalue weighted by Gasteiger charge is -2.34. The first-order chi connectivity index (χ1) is 17.4. The van der Waals surface area contributed by atoms with E-state index in [0.29, 0.717) is 17.6 Å². The highest BCUT2D eigenvalue weighted by Crippen LogP contribution is 2.27. The SMILES string of the molecule is COc1ccc(NC2CCN(C(=O)COC3CCC(Nc4ccc([N+](=O)[O-])c(C)c4)CC3)CC2)cc1.